The van der Waals surface area contributed by atoms with E-state index in [2.05, 4.69) is 15.0 Å². The largest absolute Gasteiger partial charge is 0.434 e. The molecule has 10 heteroatoms. The molecule has 0 aliphatic carbocycles. The Balaban J connectivity index is 2.05. The van der Waals surface area contributed by atoms with E-state index < -0.39 is 11.9 Å². The molecule has 0 aromatic carbocycles. The number of rotatable bonds is 3. The van der Waals surface area contributed by atoms with Crippen molar-refractivity contribution in [2.75, 3.05) is 0 Å². The van der Waals surface area contributed by atoms with Crippen molar-refractivity contribution in [3.05, 3.63) is 51.6 Å². The number of thiophene rings is 1. The maximum atomic E-state index is 13.0. The summed E-state index contributed by atoms with van der Waals surface area (Å²) in [4.78, 5) is 12.1. The Bertz CT molecular complexity index is 827. The van der Waals surface area contributed by atoms with E-state index in [9.17, 15) is 13.2 Å². The smallest absolute Gasteiger partial charge is 0.322 e. The fraction of sp³-hybridized carbons (Fsp3) is 0.154. The lowest BCUT2D eigenvalue weighted by Gasteiger charge is -2.05. The van der Waals surface area contributed by atoms with Crippen molar-refractivity contribution in [1.82, 2.24) is 19.5 Å². The lowest BCUT2D eigenvalue weighted by Crippen LogP contribution is -2.06. The molecule has 0 unspecified atom stereocenters. The first-order chi connectivity index (χ1) is 10.8. The number of imidazole rings is 1. The van der Waals surface area contributed by atoms with Crippen molar-refractivity contribution in [2.45, 2.75) is 12.7 Å². The Labute approximate surface area is 142 Å². The molecule has 0 aliphatic rings. The lowest BCUT2D eigenvalue weighted by molar-refractivity contribution is -0.140. The highest BCUT2D eigenvalue weighted by Crippen LogP contribution is 2.36. The lowest BCUT2D eigenvalue weighted by atomic mass is 10.4. The van der Waals surface area contributed by atoms with Crippen LogP contribution < -0.4 is 0 Å². The topological polar surface area (TPSA) is 43.6 Å². The summed E-state index contributed by atoms with van der Waals surface area (Å²) in [7, 11) is 0. The van der Waals surface area contributed by atoms with Gasteiger partial charge in [-0.3, -0.25) is 0 Å². The van der Waals surface area contributed by atoms with Gasteiger partial charge in [-0.25, -0.2) is 15.0 Å². The molecule has 0 bridgehead atoms. The fourth-order valence-electron chi connectivity index (χ4n) is 1.88. The van der Waals surface area contributed by atoms with Gasteiger partial charge in [-0.15, -0.1) is 11.3 Å². The molecule has 0 saturated carbocycles. The Kier molecular flexibility index (Phi) is 4.31. The third kappa shape index (κ3) is 3.49. The second-order valence-corrected chi connectivity index (χ2v) is 6.25. The van der Waals surface area contributed by atoms with Gasteiger partial charge < -0.3 is 4.57 Å². The molecule has 0 fully saturated rings. The summed E-state index contributed by atoms with van der Waals surface area (Å²) in [5, 5.41) is 2.37. The zero-order chi connectivity index (χ0) is 16.6. The Morgan fingerprint density at radius 3 is 2.43 bits per heavy atom. The van der Waals surface area contributed by atoms with E-state index in [1.165, 1.54) is 28.3 Å². The van der Waals surface area contributed by atoms with Crippen LogP contribution in [0.2, 0.25) is 10.0 Å². The van der Waals surface area contributed by atoms with Crippen LogP contribution in [0.3, 0.4) is 0 Å². The molecule has 0 N–H and O–H groups in total. The van der Waals surface area contributed by atoms with E-state index in [4.69, 9.17) is 23.2 Å². The SMILES string of the molecule is FC(F)(F)c1cn(Cc2ncc(Cl)cn2)c(-c2sccc2Cl)n1. The van der Waals surface area contributed by atoms with Crippen molar-refractivity contribution in [3.63, 3.8) is 0 Å². The molecule has 0 aliphatic heterocycles. The highest BCUT2D eigenvalue weighted by Gasteiger charge is 2.35. The summed E-state index contributed by atoms with van der Waals surface area (Å²) >= 11 is 12.9. The van der Waals surface area contributed by atoms with Gasteiger partial charge in [-0.2, -0.15) is 13.2 Å². The minimum atomic E-state index is -4.55. The molecule has 0 atom stereocenters. The first-order valence-corrected chi connectivity index (χ1v) is 7.82. The maximum absolute atomic E-state index is 13.0. The minimum Gasteiger partial charge on any atom is -0.322 e. The highest BCUT2D eigenvalue weighted by atomic mass is 35.5. The van der Waals surface area contributed by atoms with Crippen LogP contribution in [-0.4, -0.2) is 19.5 Å². The summed E-state index contributed by atoms with van der Waals surface area (Å²) < 4.78 is 40.2. The van der Waals surface area contributed by atoms with Crippen LogP contribution in [0.4, 0.5) is 13.2 Å². The number of aromatic nitrogens is 4. The zero-order valence-corrected chi connectivity index (χ0v) is 13.5. The van der Waals surface area contributed by atoms with E-state index in [0.29, 0.717) is 20.7 Å². The highest BCUT2D eigenvalue weighted by molar-refractivity contribution is 7.14. The standard InChI is InChI=1S/C13H7Cl2F3N4S/c14-7-3-19-10(20-4-7)6-22-5-9(13(16,17)18)21-12(22)11-8(15)1-2-23-11/h1-5H,6H2. The van der Waals surface area contributed by atoms with Crippen LogP contribution in [0.1, 0.15) is 11.5 Å². The maximum Gasteiger partial charge on any atom is 0.434 e. The first kappa shape index (κ1) is 16.2. The Hall–Kier alpha value is -1.64. The number of hydrogen-bond donors (Lipinski definition) is 0. The van der Waals surface area contributed by atoms with Crippen LogP contribution in [0.25, 0.3) is 10.7 Å². The van der Waals surface area contributed by atoms with Gasteiger partial charge in [0.1, 0.15) is 5.82 Å². The van der Waals surface area contributed by atoms with Crippen molar-refractivity contribution in [1.29, 1.82) is 0 Å². The minimum absolute atomic E-state index is 0.0177. The number of halogens is 5. The monoisotopic (exact) mass is 378 g/mol. The summed E-state index contributed by atoms with van der Waals surface area (Å²) in [6.45, 7) is 0.0177. The van der Waals surface area contributed by atoms with E-state index in [1.807, 2.05) is 0 Å². The molecule has 0 spiro atoms. The third-order valence-corrected chi connectivity index (χ3v) is 4.41. The van der Waals surface area contributed by atoms with Crippen LogP contribution in [0, 0.1) is 0 Å². The molecule has 0 saturated heterocycles. The van der Waals surface area contributed by atoms with Crippen LogP contribution >= 0.6 is 34.5 Å². The van der Waals surface area contributed by atoms with Gasteiger partial charge in [0.2, 0.25) is 0 Å². The molecule has 0 radical (unpaired) electrons. The molecule has 0 amide bonds. The average molecular weight is 379 g/mol. The fourth-order valence-corrected chi connectivity index (χ4v) is 3.12. The molecule has 3 aromatic heterocycles. The van der Waals surface area contributed by atoms with Crippen molar-refractivity contribution >= 4 is 34.5 Å². The second-order valence-electron chi connectivity index (χ2n) is 4.49. The molecule has 23 heavy (non-hydrogen) atoms. The van der Waals surface area contributed by atoms with Gasteiger partial charge in [0, 0.05) is 18.6 Å². The summed E-state index contributed by atoms with van der Waals surface area (Å²) in [6, 6.07) is 1.60. The van der Waals surface area contributed by atoms with Crippen LogP contribution in [0.5, 0.6) is 0 Å². The number of nitrogens with zero attached hydrogens (tertiary/aromatic N) is 4. The Morgan fingerprint density at radius 2 is 1.87 bits per heavy atom. The van der Waals surface area contributed by atoms with Gasteiger partial charge in [0.25, 0.3) is 0 Å². The molecule has 3 heterocycles. The molecule has 4 nitrogen and oxygen atoms in total. The quantitative estimate of drug-likeness (QED) is 0.658. The zero-order valence-electron chi connectivity index (χ0n) is 11.2. The third-order valence-electron chi connectivity index (χ3n) is 2.87. The number of alkyl halides is 3. The molecular formula is C13H7Cl2F3N4S. The second kappa shape index (κ2) is 6.10. The van der Waals surface area contributed by atoms with Gasteiger partial charge in [-0.05, 0) is 11.4 Å². The summed E-state index contributed by atoms with van der Waals surface area (Å²) in [5.74, 6) is 0.435. The van der Waals surface area contributed by atoms with Crippen LogP contribution in [-0.2, 0) is 12.7 Å². The van der Waals surface area contributed by atoms with Crippen molar-refractivity contribution in [2.24, 2.45) is 0 Å². The first-order valence-electron chi connectivity index (χ1n) is 6.19. The summed E-state index contributed by atoms with van der Waals surface area (Å²) in [6.07, 6.45) is -0.875. The van der Waals surface area contributed by atoms with Crippen LogP contribution in [0.15, 0.2) is 30.0 Å². The normalized spacial score (nSPS) is 11.9. The van der Waals surface area contributed by atoms with Gasteiger partial charge >= 0.3 is 6.18 Å². The van der Waals surface area contributed by atoms with Crippen molar-refractivity contribution < 1.29 is 13.2 Å². The van der Waals surface area contributed by atoms with E-state index in [-0.39, 0.29) is 12.4 Å². The van der Waals surface area contributed by atoms with Gasteiger partial charge in [0.05, 0.1) is 21.5 Å². The molecule has 120 valence electrons. The van der Waals surface area contributed by atoms with E-state index in [1.54, 1.807) is 11.4 Å². The molecule has 3 aromatic rings. The molecular weight excluding hydrogens is 372 g/mol. The molecule has 3 rings (SSSR count). The predicted molar refractivity (Wildman–Crippen MR) is 81.7 cm³/mol. The van der Waals surface area contributed by atoms with Gasteiger partial charge in [0.15, 0.2) is 11.5 Å². The number of hydrogen-bond acceptors (Lipinski definition) is 4. The summed E-state index contributed by atoms with van der Waals surface area (Å²) in [5.41, 5.74) is -0.995. The van der Waals surface area contributed by atoms with Gasteiger partial charge in [-0.1, -0.05) is 23.2 Å². The van der Waals surface area contributed by atoms with E-state index >= 15 is 0 Å². The predicted octanol–water partition coefficient (Wildman–Crippen LogP) is 4.78. The van der Waals surface area contributed by atoms with Crippen molar-refractivity contribution in [3.8, 4) is 10.7 Å². The Morgan fingerprint density at radius 1 is 1.17 bits per heavy atom. The van der Waals surface area contributed by atoms with E-state index in [0.717, 1.165) is 6.20 Å². The average Bonchev–Trinajstić information content (AvgIpc) is 3.07.